The van der Waals surface area contributed by atoms with Crippen LogP contribution in [0.1, 0.15) is 31.9 Å². The van der Waals surface area contributed by atoms with E-state index in [0.29, 0.717) is 12.6 Å². The Balaban J connectivity index is 2.13. The van der Waals surface area contributed by atoms with E-state index in [-0.39, 0.29) is 0 Å². The summed E-state index contributed by atoms with van der Waals surface area (Å²) in [4.78, 5) is 6.59. The zero-order chi connectivity index (χ0) is 9.97. The molecule has 0 spiro atoms. The summed E-state index contributed by atoms with van der Waals surface area (Å²) in [5.74, 6) is 0. The number of hydrogen-bond acceptors (Lipinski definition) is 4. The van der Waals surface area contributed by atoms with Crippen molar-refractivity contribution in [3.05, 3.63) is 12.0 Å². The molecule has 0 saturated carbocycles. The second-order valence-corrected chi connectivity index (χ2v) is 3.72. The van der Waals surface area contributed by atoms with Crippen molar-refractivity contribution in [1.82, 2.24) is 4.98 Å². The second-order valence-electron chi connectivity index (χ2n) is 3.72. The molecule has 78 valence electrons. The van der Waals surface area contributed by atoms with E-state index in [2.05, 4.69) is 16.8 Å². The maximum absolute atomic E-state index is 5.49. The Morgan fingerprint density at radius 3 is 3.21 bits per heavy atom. The van der Waals surface area contributed by atoms with Crippen LogP contribution in [0.5, 0.6) is 0 Å². The predicted octanol–water partition coefficient (Wildman–Crippen LogP) is 1.51. The van der Waals surface area contributed by atoms with E-state index >= 15 is 0 Å². The Labute approximate surface area is 84.1 Å². The first-order chi connectivity index (χ1) is 6.85. The van der Waals surface area contributed by atoms with Crippen molar-refractivity contribution in [3.63, 3.8) is 0 Å². The average molecular weight is 195 g/mol. The summed E-state index contributed by atoms with van der Waals surface area (Å²) in [7, 11) is 0. The molecule has 1 aromatic heterocycles. The molecule has 1 atom stereocenters. The highest BCUT2D eigenvalue weighted by atomic mass is 16.4. The van der Waals surface area contributed by atoms with Crippen LogP contribution in [0.3, 0.4) is 0 Å². The minimum absolute atomic E-state index is 0.453. The van der Waals surface area contributed by atoms with Crippen LogP contribution in [0.25, 0.3) is 0 Å². The molecular formula is C10H17N3O. The SMILES string of the molecule is CCC1CCCN1c1nc(CN)co1. The minimum atomic E-state index is 0.453. The molecule has 4 heteroatoms. The van der Waals surface area contributed by atoms with Crippen molar-refractivity contribution in [1.29, 1.82) is 0 Å². The first-order valence-corrected chi connectivity index (χ1v) is 5.26. The molecule has 1 fully saturated rings. The zero-order valence-electron chi connectivity index (χ0n) is 8.57. The van der Waals surface area contributed by atoms with Gasteiger partial charge in [-0.3, -0.25) is 0 Å². The largest absolute Gasteiger partial charge is 0.432 e. The fourth-order valence-corrected chi connectivity index (χ4v) is 2.03. The zero-order valence-corrected chi connectivity index (χ0v) is 8.57. The molecule has 14 heavy (non-hydrogen) atoms. The summed E-state index contributed by atoms with van der Waals surface area (Å²) in [6.45, 7) is 3.72. The van der Waals surface area contributed by atoms with Crippen LogP contribution in [0, 0.1) is 0 Å². The smallest absolute Gasteiger partial charge is 0.297 e. The third kappa shape index (κ3) is 1.62. The molecular weight excluding hydrogens is 178 g/mol. The number of anilines is 1. The van der Waals surface area contributed by atoms with Gasteiger partial charge in [0.25, 0.3) is 6.01 Å². The van der Waals surface area contributed by atoms with Gasteiger partial charge in [0.2, 0.25) is 0 Å². The number of aromatic nitrogens is 1. The first kappa shape index (κ1) is 9.52. The quantitative estimate of drug-likeness (QED) is 0.794. The lowest BCUT2D eigenvalue weighted by molar-refractivity contribution is 0.515. The lowest BCUT2D eigenvalue weighted by Crippen LogP contribution is -2.28. The third-order valence-electron chi connectivity index (χ3n) is 2.84. The van der Waals surface area contributed by atoms with Gasteiger partial charge >= 0.3 is 0 Å². The number of nitrogens with zero attached hydrogens (tertiary/aromatic N) is 2. The third-order valence-corrected chi connectivity index (χ3v) is 2.84. The molecule has 1 aliphatic rings. The molecule has 0 amide bonds. The van der Waals surface area contributed by atoms with Gasteiger partial charge in [-0.05, 0) is 19.3 Å². The van der Waals surface area contributed by atoms with Gasteiger partial charge in [0.1, 0.15) is 6.26 Å². The Bertz CT molecular complexity index is 297. The van der Waals surface area contributed by atoms with E-state index in [0.717, 1.165) is 24.7 Å². The lowest BCUT2D eigenvalue weighted by Gasteiger charge is -2.20. The molecule has 0 bridgehead atoms. The van der Waals surface area contributed by atoms with Crippen LogP contribution in [0.15, 0.2) is 10.7 Å². The van der Waals surface area contributed by atoms with Crippen molar-refractivity contribution in [2.75, 3.05) is 11.4 Å². The van der Waals surface area contributed by atoms with Crippen molar-refractivity contribution < 1.29 is 4.42 Å². The molecule has 1 unspecified atom stereocenters. The molecule has 0 aliphatic carbocycles. The highest BCUT2D eigenvalue weighted by Gasteiger charge is 2.26. The van der Waals surface area contributed by atoms with E-state index < -0.39 is 0 Å². The summed E-state index contributed by atoms with van der Waals surface area (Å²) in [6, 6.07) is 1.34. The van der Waals surface area contributed by atoms with Crippen LogP contribution >= 0.6 is 0 Å². The van der Waals surface area contributed by atoms with Crippen LogP contribution in [-0.2, 0) is 6.54 Å². The second kappa shape index (κ2) is 4.00. The van der Waals surface area contributed by atoms with Gasteiger partial charge < -0.3 is 15.1 Å². The molecule has 4 nitrogen and oxygen atoms in total. The molecule has 1 saturated heterocycles. The van der Waals surface area contributed by atoms with Gasteiger partial charge in [0.15, 0.2) is 0 Å². The summed E-state index contributed by atoms with van der Waals surface area (Å²) in [5, 5.41) is 0. The van der Waals surface area contributed by atoms with Crippen LogP contribution in [-0.4, -0.2) is 17.6 Å². The fourth-order valence-electron chi connectivity index (χ4n) is 2.03. The van der Waals surface area contributed by atoms with E-state index in [1.165, 1.54) is 12.8 Å². The topological polar surface area (TPSA) is 55.3 Å². The molecule has 0 radical (unpaired) electrons. The molecule has 2 rings (SSSR count). The van der Waals surface area contributed by atoms with Crippen molar-refractivity contribution >= 4 is 6.01 Å². The van der Waals surface area contributed by atoms with Crippen molar-refractivity contribution in [2.24, 2.45) is 5.73 Å². The van der Waals surface area contributed by atoms with Crippen molar-refractivity contribution in [2.45, 2.75) is 38.8 Å². The summed E-state index contributed by atoms with van der Waals surface area (Å²) >= 11 is 0. The van der Waals surface area contributed by atoms with E-state index in [9.17, 15) is 0 Å². The van der Waals surface area contributed by atoms with Gasteiger partial charge in [-0.15, -0.1) is 0 Å². The number of oxazole rings is 1. The predicted molar refractivity (Wildman–Crippen MR) is 55.1 cm³/mol. The maximum atomic E-state index is 5.49. The molecule has 1 aliphatic heterocycles. The highest BCUT2D eigenvalue weighted by Crippen LogP contribution is 2.26. The van der Waals surface area contributed by atoms with Gasteiger partial charge in [-0.25, -0.2) is 0 Å². The molecule has 2 N–H and O–H groups in total. The number of hydrogen-bond donors (Lipinski definition) is 1. The summed E-state index contributed by atoms with van der Waals surface area (Å²) < 4.78 is 5.41. The summed E-state index contributed by atoms with van der Waals surface area (Å²) in [5.41, 5.74) is 6.32. The fraction of sp³-hybridized carbons (Fsp3) is 0.700. The number of nitrogens with two attached hydrogens (primary N) is 1. The molecule has 0 aromatic carbocycles. The summed E-state index contributed by atoms with van der Waals surface area (Å²) in [6.07, 6.45) is 5.29. The van der Waals surface area contributed by atoms with Crippen molar-refractivity contribution in [3.8, 4) is 0 Å². The maximum Gasteiger partial charge on any atom is 0.297 e. The molecule has 2 heterocycles. The Hall–Kier alpha value is -1.03. The Morgan fingerprint density at radius 1 is 1.71 bits per heavy atom. The Kier molecular flexibility index (Phi) is 2.72. The van der Waals surface area contributed by atoms with Crippen LogP contribution < -0.4 is 10.6 Å². The van der Waals surface area contributed by atoms with Crippen LogP contribution in [0.4, 0.5) is 6.01 Å². The van der Waals surface area contributed by atoms with E-state index in [1.807, 2.05) is 0 Å². The molecule has 1 aromatic rings. The lowest BCUT2D eigenvalue weighted by atomic mass is 10.2. The van der Waals surface area contributed by atoms with Gasteiger partial charge in [0, 0.05) is 19.1 Å². The van der Waals surface area contributed by atoms with E-state index in [4.69, 9.17) is 10.2 Å². The van der Waals surface area contributed by atoms with Gasteiger partial charge in [-0.1, -0.05) is 6.92 Å². The van der Waals surface area contributed by atoms with Gasteiger partial charge in [-0.2, -0.15) is 4.98 Å². The average Bonchev–Trinajstić information content (AvgIpc) is 2.85. The monoisotopic (exact) mass is 195 g/mol. The normalized spacial score (nSPS) is 21.9. The standard InChI is InChI=1S/C10H17N3O/c1-2-9-4-3-5-13(9)10-12-8(6-11)7-14-10/h7,9H,2-6,11H2,1H3. The first-order valence-electron chi connectivity index (χ1n) is 5.26. The van der Waals surface area contributed by atoms with E-state index in [1.54, 1.807) is 6.26 Å². The van der Waals surface area contributed by atoms with Crippen LogP contribution in [0.2, 0.25) is 0 Å². The highest BCUT2D eigenvalue weighted by molar-refractivity contribution is 5.30. The van der Waals surface area contributed by atoms with Gasteiger partial charge in [0.05, 0.1) is 5.69 Å². The Morgan fingerprint density at radius 2 is 2.57 bits per heavy atom. The number of rotatable bonds is 3. The minimum Gasteiger partial charge on any atom is -0.432 e.